The molecule has 0 aliphatic carbocycles. The molecule has 2 aliphatic heterocycles. The van der Waals surface area contributed by atoms with Gasteiger partial charge in [0.05, 0.1) is 18.9 Å². The minimum absolute atomic E-state index is 0.0909. The Morgan fingerprint density at radius 2 is 1.71 bits per heavy atom. The van der Waals surface area contributed by atoms with Crippen LogP contribution in [0.1, 0.15) is 29.0 Å². The van der Waals surface area contributed by atoms with Crippen molar-refractivity contribution in [2.45, 2.75) is 37.3 Å². The van der Waals surface area contributed by atoms with Crippen LogP contribution in [0.5, 0.6) is 5.88 Å². The number of carboxylic acids is 2. The Hall–Kier alpha value is -3.93. The number of hydrogen-bond acceptors (Lipinski definition) is 9. The molecule has 0 bridgehead atoms. The number of rotatable bonds is 7. The Morgan fingerprint density at radius 1 is 1.10 bits per heavy atom. The second kappa shape index (κ2) is 14.1. The summed E-state index contributed by atoms with van der Waals surface area (Å²) in [7, 11) is 1.65. The number of alkyl halides is 6. The predicted molar refractivity (Wildman–Crippen MR) is 124 cm³/mol. The smallest absolute Gasteiger partial charge is 0.481 e. The standard InChI is InChI=1S/C19H24N4O4.2C2HF3O2/c1-25-18-14(3-2-7-21-18)11-23-12-19(13-23)15(6-10-26-19)4-8-20-17(24)16-5-9-22-27-16;2*3-2(4,5)1(6)7/h2-3,5,7,9,15H,4,6,8,10-13H2,1H3,(H,20,24);2*(H,6,7). The number of nitrogens with one attached hydrogen (secondary N) is 1. The van der Waals surface area contributed by atoms with Gasteiger partial charge in [0.2, 0.25) is 11.6 Å². The van der Waals surface area contributed by atoms with Crippen LogP contribution in [0.4, 0.5) is 26.3 Å². The topological polar surface area (TPSA) is 164 Å². The molecule has 18 heteroatoms. The number of amides is 1. The molecule has 2 aromatic heterocycles. The van der Waals surface area contributed by atoms with Gasteiger partial charge in [-0.1, -0.05) is 11.2 Å². The van der Waals surface area contributed by atoms with E-state index < -0.39 is 24.3 Å². The molecule has 4 rings (SSSR count). The second-order valence-corrected chi connectivity index (χ2v) is 8.74. The molecule has 1 spiro atoms. The van der Waals surface area contributed by atoms with E-state index in [0.717, 1.165) is 44.6 Å². The lowest BCUT2D eigenvalue weighted by Gasteiger charge is -2.50. The SMILES string of the molecule is COc1ncccc1CN1CC2(C1)OCCC2CCNC(=O)c1ccno1.O=C(O)C(F)(F)F.O=C(O)C(F)(F)F. The van der Waals surface area contributed by atoms with E-state index in [1.807, 2.05) is 12.1 Å². The maximum atomic E-state index is 11.9. The van der Waals surface area contributed by atoms with Gasteiger partial charge in [-0.15, -0.1) is 0 Å². The van der Waals surface area contributed by atoms with Crippen molar-refractivity contribution in [1.29, 1.82) is 0 Å². The van der Waals surface area contributed by atoms with Gasteiger partial charge < -0.3 is 29.5 Å². The van der Waals surface area contributed by atoms with E-state index in [4.69, 9.17) is 33.8 Å². The lowest BCUT2D eigenvalue weighted by molar-refractivity contribution is -0.193. The minimum atomic E-state index is -5.08. The maximum absolute atomic E-state index is 11.9. The first-order valence-electron chi connectivity index (χ1n) is 11.7. The van der Waals surface area contributed by atoms with E-state index >= 15 is 0 Å². The quantitative estimate of drug-likeness (QED) is 0.401. The molecule has 1 atom stereocenters. The molecule has 2 fully saturated rings. The van der Waals surface area contributed by atoms with Crippen molar-refractivity contribution in [3.8, 4) is 5.88 Å². The van der Waals surface area contributed by atoms with Crippen molar-refractivity contribution >= 4 is 17.8 Å². The van der Waals surface area contributed by atoms with Gasteiger partial charge in [-0.25, -0.2) is 14.6 Å². The zero-order valence-corrected chi connectivity index (χ0v) is 21.4. The number of ether oxygens (including phenoxy) is 2. The molecule has 41 heavy (non-hydrogen) atoms. The number of pyridine rings is 1. The van der Waals surface area contributed by atoms with Gasteiger partial charge in [0.15, 0.2) is 0 Å². The lowest BCUT2D eigenvalue weighted by Crippen LogP contribution is -2.64. The summed E-state index contributed by atoms with van der Waals surface area (Å²) in [5.74, 6) is -4.37. The van der Waals surface area contributed by atoms with Crippen LogP contribution in [0.2, 0.25) is 0 Å². The zero-order valence-electron chi connectivity index (χ0n) is 21.4. The van der Waals surface area contributed by atoms with E-state index in [9.17, 15) is 31.1 Å². The normalized spacial score (nSPS) is 17.8. The van der Waals surface area contributed by atoms with Gasteiger partial charge in [-0.3, -0.25) is 9.69 Å². The Bertz CT molecular complexity index is 1130. The third-order valence-corrected chi connectivity index (χ3v) is 5.94. The molecule has 2 saturated heterocycles. The van der Waals surface area contributed by atoms with E-state index in [0.29, 0.717) is 18.3 Å². The molecule has 3 N–H and O–H groups in total. The van der Waals surface area contributed by atoms with Crippen molar-refractivity contribution in [1.82, 2.24) is 20.4 Å². The Kier molecular flexibility index (Phi) is 11.5. The van der Waals surface area contributed by atoms with Crippen LogP contribution >= 0.6 is 0 Å². The summed E-state index contributed by atoms with van der Waals surface area (Å²) < 4.78 is 79.8. The van der Waals surface area contributed by atoms with Crippen molar-refractivity contribution in [3.63, 3.8) is 0 Å². The molecule has 228 valence electrons. The molecule has 4 heterocycles. The highest BCUT2D eigenvalue weighted by Crippen LogP contribution is 2.42. The molecule has 0 radical (unpaired) electrons. The fourth-order valence-electron chi connectivity index (χ4n) is 4.11. The van der Waals surface area contributed by atoms with Crippen LogP contribution in [0.15, 0.2) is 35.1 Å². The monoisotopic (exact) mass is 600 g/mol. The van der Waals surface area contributed by atoms with E-state index in [1.165, 1.54) is 6.20 Å². The first-order valence-corrected chi connectivity index (χ1v) is 11.7. The summed E-state index contributed by atoms with van der Waals surface area (Å²) in [6.07, 6.45) is -5.04. The van der Waals surface area contributed by atoms with Gasteiger partial charge in [-0.05, 0) is 24.8 Å². The molecular formula is C23H26F6N4O8. The number of carbonyl (C=O) groups is 3. The highest BCUT2D eigenvalue weighted by molar-refractivity contribution is 5.91. The number of halogens is 6. The number of likely N-dealkylation sites (tertiary alicyclic amines) is 1. The number of methoxy groups -OCH3 is 1. The van der Waals surface area contributed by atoms with Crippen molar-refractivity contribution in [2.75, 3.05) is 33.4 Å². The third kappa shape index (κ3) is 9.89. The molecule has 1 unspecified atom stereocenters. The molecule has 0 aromatic carbocycles. The van der Waals surface area contributed by atoms with Crippen LogP contribution in [0, 0.1) is 5.92 Å². The number of nitrogens with zero attached hydrogens (tertiary/aromatic N) is 3. The fraction of sp³-hybridized carbons (Fsp3) is 0.522. The third-order valence-electron chi connectivity index (χ3n) is 5.94. The average molecular weight is 600 g/mol. The van der Waals surface area contributed by atoms with E-state index in [2.05, 4.69) is 20.4 Å². The Morgan fingerprint density at radius 3 is 2.22 bits per heavy atom. The van der Waals surface area contributed by atoms with Crippen LogP contribution in [-0.4, -0.2) is 94.4 Å². The number of aliphatic carboxylic acids is 2. The summed E-state index contributed by atoms with van der Waals surface area (Å²) in [6, 6.07) is 5.54. The molecule has 2 aromatic rings. The molecule has 12 nitrogen and oxygen atoms in total. The van der Waals surface area contributed by atoms with Crippen LogP contribution in [0.3, 0.4) is 0 Å². The van der Waals surface area contributed by atoms with Gasteiger partial charge in [0.25, 0.3) is 5.91 Å². The lowest BCUT2D eigenvalue weighted by atomic mass is 9.78. The van der Waals surface area contributed by atoms with Gasteiger partial charge in [0, 0.05) is 50.6 Å². The summed E-state index contributed by atoms with van der Waals surface area (Å²) in [5, 5.41) is 20.7. The number of carboxylic acid groups (broad SMARTS) is 2. The number of aromatic nitrogens is 2. The summed E-state index contributed by atoms with van der Waals surface area (Å²) in [6.45, 7) is 3.98. The second-order valence-electron chi connectivity index (χ2n) is 8.74. The van der Waals surface area contributed by atoms with Crippen LogP contribution in [-0.2, 0) is 20.9 Å². The number of carbonyl (C=O) groups excluding carboxylic acids is 1. The van der Waals surface area contributed by atoms with Crippen LogP contribution in [0.25, 0.3) is 0 Å². The zero-order chi connectivity index (χ0) is 30.8. The summed E-state index contributed by atoms with van der Waals surface area (Å²) in [4.78, 5) is 36.3. The van der Waals surface area contributed by atoms with Gasteiger partial charge in [-0.2, -0.15) is 26.3 Å². The van der Waals surface area contributed by atoms with E-state index in [1.54, 1.807) is 19.4 Å². The van der Waals surface area contributed by atoms with Crippen molar-refractivity contribution < 1.29 is 64.9 Å². The highest BCUT2D eigenvalue weighted by Gasteiger charge is 2.52. The molecule has 1 amide bonds. The molecular weight excluding hydrogens is 574 g/mol. The van der Waals surface area contributed by atoms with E-state index in [-0.39, 0.29) is 17.3 Å². The maximum Gasteiger partial charge on any atom is 0.490 e. The summed E-state index contributed by atoms with van der Waals surface area (Å²) in [5.41, 5.74) is 0.996. The van der Waals surface area contributed by atoms with Gasteiger partial charge >= 0.3 is 24.3 Å². The van der Waals surface area contributed by atoms with Crippen molar-refractivity contribution in [3.05, 3.63) is 41.9 Å². The van der Waals surface area contributed by atoms with Crippen LogP contribution < -0.4 is 10.1 Å². The molecule has 0 saturated carbocycles. The fourth-order valence-corrected chi connectivity index (χ4v) is 4.11. The minimum Gasteiger partial charge on any atom is -0.481 e. The summed E-state index contributed by atoms with van der Waals surface area (Å²) >= 11 is 0. The Balaban J connectivity index is 0.000000349. The predicted octanol–water partition coefficient (Wildman–Crippen LogP) is 2.76. The first-order chi connectivity index (χ1) is 19.1. The average Bonchev–Trinajstić information content (AvgIpc) is 3.55. The van der Waals surface area contributed by atoms with Gasteiger partial charge in [0.1, 0.15) is 0 Å². The van der Waals surface area contributed by atoms with Crippen molar-refractivity contribution in [2.24, 2.45) is 5.92 Å². The highest BCUT2D eigenvalue weighted by atomic mass is 19.4. The number of hydrogen-bond donors (Lipinski definition) is 3. The molecule has 2 aliphatic rings. The Labute approximate surface area is 228 Å². The first kappa shape index (κ1) is 33.3. The largest absolute Gasteiger partial charge is 0.490 e.